The van der Waals surface area contributed by atoms with E-state index in [2.05, 4.69) is 20.7 Å². The lowest BCUT2D eigenvalue weighted by Gasteiger charge is -2.20. The highest BCUT2D eigenvalue weighted by Crippen LogP contribution is 2.47. The van der Waals surface area contributed by atoms with E-state index in [1.54, 1.807) is 0 Å². The maximum absolute atomic E-state index is 13.1. The first-order valence-electron chi connectivity index (χ1n) is 5.79. The van der Waals surface area contributed by atoms with Crippen LogP contribution >= 0.6 is 15.9 Å². The summed E-state index contributed by atoms with van der Waals surface area (Å²) in [4.78, 5) is 11.8. The molecule has 0 heterocycles. The lowest BCUT2D eigenvalue weighted by atomic mass is 9.90. The highest BCUT2D eigenvalue weighted by molar-refractivity contribution is 9.10. The molecule has 0 aliphatic heterocycles. The van der Waals surface area contributed by atoms with Gasteiger partial charge in [-0.1, -0.05) is 22.0 Å². The van der Waals surface area contributed by atoms with Gasteiger partial charge in [-0.25, -0.2) is 0 Å². The number of rotatable bonds is 3. The second kappa shape index (κ2) is 5.15. The molecule has 0 aromatic heterocycles. The van der Waals surface area contributed by atoms with Crippen LogP contribution in [-0.2, 0) is 15.7 Å². The van der Waals surface area contributed by atoms with E-state index in [1.165, 1.54) is 19.2 Å². The second-order valence-electron chi connectivity index (χ2n) is 4.57. The Balaban J connectivity index is 2.50. The van der Waals surface area contributed by atoms with Gasteiger partial charge in [0.05, 0.1) is 18.6 Å². The van der Waals surface area contributed by atoms with Crippen LogP contribution in [0.25, 0.3) is 0 Å². The summed E-state index contributed by atoms with van der Waals surface area (Å²) >= 11 is 3.03. The molecule has 0 amide bonds. The number of esters is 1. The highest BCUT2D eigenvalue weighted by atomic mass is 79.9. The van der Waals surface area contributed by atoms with E-state index >= 15 is 0 Å². The molecule has 1 aliphatic rings. The number of methoxy groups -OCH3 is 1. The van der Waals surface area contributed by atoms with E-state index in [-0.39, 0.29) is 11.5 Å². The van der Waals surface area contributed by atoms with E-state index in [4.69, 9.17) is 0 Å². The van der Waals surface area contributed by atoms with Gasteiger partial charge in [-0.05, 0) is 36.5 Å². The molecule has 6 heteroatoms. The molecule has 0 saturated heterocycles. The normalized spacial score (nSPS) is 17.1. The molecule has 1 aliphatic carbocycles. The molecule has 1 aromatic rings. The number of benzene rings is 1. The van der Waals surface area contributed by atoms with Gasteiger partial charge < -0.3 is 4.74 Å². The first-order valence-corrected chi connectivity index (χ1v) is 6.58. The smallest absolute Gasteiger partial charge is 0.416 e. The molecule has 19 heavy (non-hydrogen) atoms. The van der Waals surface area contributed by atoms with Crippen LogP contribution in [0.15, 0.2) is 22.7 Å². The maximum Gasteiger partial charge on any atom is 0.416 e. The summed E-state index contributed by atoms with van der Waals surface area (Å²) in [6.45, 7) is 0. The highest BCUT2D eigenvalue weighted by Gasteiger charge is 2.43. The van der Waals surface area contributed by atoms with Gasteiger partial charge in [-0.15, -0.1) is 0 Å². The number of carbonyl (C=O) groups excluding carboxylic acids is 1. The van der Waals surface area contributed by atoms with Crippen molar-refractivity contribution in [2.75, 3.05) is 7.11 Å². The van der Waals surface area contributed by atoms with Crippen molar-refractivity contribution in [2.45, 2.75) is 24.9 Å². The Kier molecular flexibility index (Phi) is 3.90. The number of halogens is 4. The second-order valence-corrected chi connectivity index (χ2v) is 5.48. The van der Waals surface area contributed by atoms with Gasteiger partial charge in [0.15, 0.2) is 0 Å². The van der Waals surface area contributed by atoms with Crippen LogP contribution in [0, 0.1) is 5.92 Å². The first-order chi connectivity index (χ1) is 8.84. The molecule has 1 aromatic carbocycles. The fourth-order valence-corrected chi connectivity index (χ4v) is 2.54. The van der Waals surface area contributed by atoms with Crippen molar-refractivity contribution in [3.8, 4) is 0 Å². The van der Waals surface area contributed by atoms with Crippen LogP contribution in [0.4, 0.5) is 13.2 Å². The number of alkyl halides is 3. The summed E-state index contributed by atoms with van der Waals surface area (Å²) in [5.74, 6) is -1.47. The summed E-state index contributed by atoms with van der Waals surface area (Å²) in [5.41, 5.74) is -0.769. The van der Waals surface area contributed by atoms with Gasteiger partial charge in [-0.2, -0.15) is 13.2 Å². The molecule has 1 saturated carbocycles. The van der Waals surface area contributed by atoms with Crippen molar-refractivity contribution >= 4 is 21.9 Å². The van der Waals surface area contributed by atoms with Gasteiger partial charge in [0.1, 0.15) is 0 Å². The standard InChI is InChI=1S/C13H12BrF3O2/c1-19-12(18)11(7-2-3-7)9-5-4-8(14)6-10(9)13(15,16)17/h4-7,11H,2-3H2,1H3. The van der Waals surface area contributed by atoms with Crippen molar-refractivity contribution in [3.05, 3.63) is 33.8 Å². The molecular weight excluding hydrogens is 325 g/mol. The van der Waals surface area contributed by atoms with E-state index in [0.717, 1.165) is 18.9 Å². The number of carbonyl (C=O) groups is 1. The molecule has 2 rings (SSSR count). The fourth-order valence-electron chi connectivity index (χ4n) is 2.18. The molecule has 104 valence electrons. The molecule has 2 nitrogen and oxygen atoms in total. The molecule has 1 fully saturated rings. The Morgan fingerprint density at radius 1 is 1.42 bits per heavy atom. The molecule has 0 radical (unpaired) electrons. The number of hydrogen-bond donors (Lipinski definition) is 0. The van der Waals surface area contributed by atoms with E-state index in [9.17, 15) is 18.0 Å². The Labute approximate surface area is 117 Å². The van der Waals surface area contributed by atoms with Crippen LogP contribution in [-0.4, -0.2) is 13.1 Å². The third kappa shape index (κ3) is 3.11. The van der Waals surface area contributed by atoms with E-state index in [1.807, 2.05) is 0 Å². The Morgan fingerprint density at radius 3 is 2.53 bits per heavy atom. The summed E-state index contributed by atoms with van der Waals surface area (Å²) in [5, 5.41) is 0. The van der Waals surface area contributed by atoms with Crippen molar-refractivity contribution in [1.29, 1.82) is 0 Å². The minimum absolute atomic E-state index is 0.00468. The average molecular weight is 337 g/mol. The van der Waals surface area contributed by atoms with Crippen LogP contribution in [0.2, 0.25) is 0 Å². The number of ether oxygens (including phenoxy) is 1. The van der Waals surface area contributed by atoms with Crippen LogP contribution in [0.5, 0.6) is 0 Å². The predicted molar refractivity (Wildman–Crippen MR) is 66.6 cm³/mol. The molecule has 0 spiro atoms. The molecular formula is C13H12BrF3O2. The monoisotopic (exact) mass is 336 g/mol. The lowest BCUT2D eigenvalue weighted by molar-refractivity contribution is -0.144. The Morgan fingerprint density at radius 2 is 2.05 bits per heavy atom. The quantitative estimate of drug-likeness (QED) is 0.775. The molecule has 1 atom stereocenters. The Bertz CT molecular complexity index is 495. The summed E-state index contributed by atoms with van der Waals surface area (Å²) in [7, 11) is 1.20. The van der Waals surface area contributed by atoms with Crippen LogP contribution in [0.3, 0.4) is 0 Å². The number of hydrogen-bond acceptors (Lipinski definition) is 2. The topological polar surface area (TPSA) is 26.3 Å². The fraction of sp³-hybridized carbons (Fsp3) is 0.462. The molecule has 1 unspecified atom stereocenters. The average Bonchev–Trinajstić information content (AvgIpc) is 3.14. The lowest BCUT2D eigenvalue weighted by Crippen LogP contribution is -2.20. The third-order valence-corrected chi connectivity index (χ3v) is 3.70. The third-order valence-electron chi connectivity index (χ3n) is 3.20. The molecule has 0 bridgehead atoms. The van der Waals surface area contributed by atoms with E-state index < -0.39 is 23.6 Å². The summed E-state index contributed by atoms with van der Waals surface area (Å²) in [6, 6.07) is 3.88. The first kappa shape index (κ1) is 14.4. The zero-order valence-electron chi connectivity index (χ0n) is 10.1. The van der Waals surface area contributed by atoms with E-state index in [0.29, 0.717) is 4.47 Å². The van der Waals surface area contributed by atoms with Crippen molar-refractivity contribution in [3.63, 3.8) is 0 Å². The zero-order chi connectivity index (χ0) is 14.2. The van der Waals surface area contributed by atoms with Crippen molar-refractivity contribution in [2.24, 2.45) is 5.92 Å². The Hall–Kier alpha value is -1.04. The maximum atomic E-state index is 13.1. The minimum Gasteiger partial charge on any atom is -0.469 e. The molecule has 0 N–H and O–H groups in total. The van der Waals surface area contributed by atoms with Crippen LogP contribution < -0.4 is 0 Å². The van der Waals surface area contributed by atoms with Crippen molar-refractivity contribution < 1.29 is 22.7 Å². The SMILES string of the molecule is COC(=O)C(c1ccc(Br)cc1C(F)(F)F)C1CC1. The van der Waals surface area contributed by atoms with Gasteiger partial charge in [-0.3, -0.25) is 4.79 Å². The van der Waals surface area contributed by atoms with Gasteiger partial charge >= 0.3 is 12.1 Å². The van der Waals surface area contributed by atoms with Crippen molar-refractivity contribution in [1.82, 2.24) is 0 Å². The van der Waals surface area contributed by atoms with Gasteiger partial charge in [0.2, 0.25) is 0 Å². The predicted octanol–water partition coefficient (Wildman–Crippen LogP) is 4.13. The van der Waals surface area contributed by atoms with Gasteiger partial charge in [0, 0.05) is 4.47 Å². The van der Waals surface area contributed by atoms with Gasteiger partial charge in [0.25, 0.3) is 0 Å². The largest absolute Gasteiger partial charge is 0.469 e. The summed E-state index contributed by atoms with van der Waals surface area (Å²) in [6.07, 6.45) is -2.97. The van der Waals surface area contributed by atoms with Crippen LogP contribution in [0.1, 0.15) is 29.9 Å². The summed E-state index contributed by atoms with van der Waals surface area (Å²) < 4.78 is 44.2. The minimum atomic E-state index is -4.49. The zero-order valence-corrected chi connectivity index (χ0v) is 11.7.